The summed E-state index contributed by atoms with van der Waals surface area (Å²) in [7, 11) is -2.41. The van der Waals surface area contributed by atoms with Gasteiger partial charge in [0.05, 0.1) is 15.5 Å². The Kier molecular flexibility index (Phi) is 3.47. The van der Waals surface area contributed by atoms with Crippen LogP contribution in [0.5, 0.6) is 0 Å². The van der Waals surface area contributed by atoms with Gasteiger partial charge in [0.25, 0.3) is 0 Å². The largest absolute Gasteiger partial charge is 0.366 e. The van der Waals surface area contributed by atoms with Crippen LogP contribution in [0.1, 0.15) is 0 Å². The average molecular weight is 238 g/mol. The second kappa shape index (κ2) is 4.22. The summed E-state index contributed by atoms with van der Waals surface area (Å²) in [4.78, 5) is 0.666. The van der Waals surface area contributed by atoms with Crippen molar-refractivity contribution in [3.05, 3.63) is 11.1 Å². The van der Waals surface area contributed by atoms with Crippen molar-refractivity contribution in [1.29, 1.82) is 5.26 Å². The summed E-state index contributed by atoms with van der Waals surface area (Å²) in [5, 5.41) is 11.1. The van der Waals surface area contributed by atoms with Crippen molar-refractivity contribution in [1.82, 2.24) is 5.32 Å². The first-order valence-corrected chi connectivity index (χ1v) is 6.78. The molecular formula is C6H8ClN3OS2. The first-order valence-electron chi connectivity index (χ1n) is 3.37. The van der Waals surface area contributed by atoms with Gasteiger partial charge in [0.15, 0.2) is 4.83 Å². The fraction of sp³-hybridized carbons (Fsp3) is 0.500. The number of nitrogens with zero attached hydrogens (tertiary/aromatic N) is 2. The number of hydrogen-bond donors (Lipinski definition) is 1. The first-order chi connectivity index (χ1) is 6.03. The van der Waals surface area contributed by atoms with Crippen LogP contribution in [-0.4, -0.2) is 21.1 Å². The Morgan fingerprint density at radius 1 is 2.00 bits per heavy atom. The van der Waals surface area contributed by atoms with Crippen molar-refractivity contribution in [2.75, 3.05) is 12.0 Å². The summed E-state index contributed by atoms with van der Waals surface area (Å²) in [5.74, 6) is 0.279. The molecule has 0 aromatic rings. The maximum atomic E-state index is 11.5. The highest BCUT2D eigenvalue weighted by Crippen LogP contribution is 2.28. The van der Waals surface area contributed by atoms with Gasteiger partial charge >= 0.3 is 0 Å². The molecule has 1 rings (SSSR count). The van der Waals surface area contributed by atoms with Crippen LogP contribution in [0.4, 0.5) is 0 Å². The second-order valence-corrected chi connectivity index (χ2v) is 6.82. The SMILES string of the molecule is CS(=O)(CC1=CNC(Cl)S1)=NC#N. The molecule has 7 heteroatoms. The van der Waals surface area contributed by atoms with Crippen molar-refractivity contribution in [2.45, 2.75) is 4.83 Å². The smallest absolute Gasteiger partial charge is 0.214 e. The molecule has 0 bridgehead atoms. The minimum atomic E-state index is -2.41. The Bertz CT molecular complexity index is 378. The first kappa shape index (κ1) is 10.7. The molecule has 0 spiro atoms. The Hall–Kier alpha value is -0.380. The molecule has 1 N–H and O–H groups in total. The highest BCUT2D eigenvalue weighted by atomic mass is 35.5. The summed E-state index contributed by atoms with van der Waals surface area (Å²) >= 11 is 7.11. The van der Waals surface area contributed by atoms with E-state index in [4.69, 9.17) is 16.9 Å². The van der Waals surface area contributed by atoms with E-state index >= 15 is 0 Å². The van der Waals surface area contributed by atoms with E-state index in [1.807, 2.05) is 0 Å². The maximum absolute atomic E-state index is 11.5. The van der Waals surface area contributed by atoms with Crippen molar-refractivity contribution in [3.8, 4) is 6.19 Å². The van der Waals surface area contributed by atoms with Crippen LogP contribution in [0.3, 0.4) is 0 Å². The maximum Gasteiger partial charge on any atom is 0.214 e. The molecule has 1 heterocycles. The van der Waals surface area contributed by atoms with Crippen LogP contribution in [0.2, 0.25) is 0 Å². The summed E-state index contributed by atoms with van der Waals surface area (Å²) in [6, 6.07) is 0. The van der Waals surface area contributed by atoms with Gasteiger partial charge in [0.1, 0.15) is 0 Å². The van der Waals surface area contributed by atoms with Gasteiger partial charge in [0, 0.05) is 17.4 Å². The van der Waals surface area contributed by atoms with Gasteiger partial charge in [-0.25, -0.2) is 4.21 Å². The molecule has 2 unspecified atom stereocenters. The molecule has 4 nitrogen and oxygen atoms in total. The van der Waals surface area contributed by atoms with E-state index in [2.05, 4.69) is 9.68 Å². The van der Waals surface area contributed by atoms with E-state index in [0.29, 0.717) is 0 Å². The van der Waals surface area contributed by atoms with E-state index in [0.717, 1.165) is 4.91 Å². The predicted octanol–water partition coefficient (Wildman–Crippen LogP) is 1.27. The number of alkyl halides is 1. The zero-order valence-electron chi connectivity index (χ0n) is 6.86. The molecule has 0 fully saturated rings. The van der Waals surface area contributed by atoms with Crippen molar-refractivity contribution in [2.24, 2.45) is 4.36 Å². The number of nitrogens with one attached hydrogen (secondary N) is 1. The lowest BCUT2D eigenvalue weighted by molar-refractivity contribution is 0.682. The molecule has 1 aliphatic heterocycles. The Morgan fingerprint density at radius 2 is 2.69 bits per heavy atom. The molecule has 2 atom stereocenters. The molecular weight excluding hydrogens is 230 g/mol. The lowest BCUT2D eigenvalue weighted by atomic mass is 10.7. The average Bonchev–Trinajstić information content (AvgIpc) is 2.34. The molecule has 1 aliphatic rings. The van der Waals surface area contributed by atoms with E-state index in [-0.39, 0.29) is 10.6 Å². The lowest BCUT2D eigenvalue weighted by Crippen LogP contribution is -2.06. The van der Waals surface area contributed by atoms with Gasteiger partial charge in [-0.15, -0.1) is 4.36 Å². The van der Waals surface area contributed by atoms with Crippen LogP contribution in [0.25, 0.3) is 0 Å². The topological polar surface area (TPSA) is 65.2 Å². The van der Waals surface area contributed by atoms with Gasteiger partial charge in [-0.2, -0.15) is 5.26 Å². The van der Waals surface area contributed by atoms with Crippen LogP contribution in [0.15, 0.2) is 15.5 Å². The fourth-order valence-corrected chi connectivity index (χ4v) is 3.54. The highest BCUT2D eigenvalue weighted by molar-refractivity contribution is 8.06. The normalized spacial score (nSPS) is 25.3. The van der Waals surface area contributed by atoms with Gasteiger partial charge in [0.2, 0.25) is 6.19 Å². The second-order valence-electron chi connectivity index (χ2n) is 2.51. The highest BCUT2D eigenvalue weighted by Gasteiger charge is 2.16. The molecule has 0 aliphatic carbocycles. The van der Waals surface area contributed by atoms with Crippen molar-refractivity contribution < 1.29 is 4.21 Å². The van der Waals surface area contributed by atoms with Crippen molar-refractivity contribution in [3.63, 3.8) is 0 Å². The summed E-state index contributed by atoms with van der Waals surface area (Å²) < 4.78 is 14.9. The molecule has 0 aromatic heterocycles. The third kappa shape index (κ3) is 3.46. The van der Waals surface area contributed by atoms with Gasteiger partial charge in [-0.3, -0.25) is 0 Å². The standard InChI is InChI=1S/C6H8ClN3OS2/c1-13(11,10-4-8)3-5-2-9-6(7)12-5/h2,6,9H,3H2,1H3. The quantitative estimate of drug-likeness (QED) is 0.446. The van der Waals surface area contributed by atoms with Gasteiger partial charge in [-0.05, 0) is 0 Å². The molecule has 13 heavy (non-hydrogen) atoms. The number of rotatable bonds is 2. The van der Waals surface area contributed by atoms with E-state index in [1.54, 1.807) is 12.4 Å². The van der Waals surface area contributed by atoms with Gasteiger partial charge in [-0.1, -0.05) is 23.4 Å². The Labute approximate surface area is 86.5 Å². The minimum absolute atomic E-state index is 0.202. The van der Waals surface area contributed by atoms with Crippen LogP contribution >= 0.6 is 23.4 Å². The molecule has 0 aromatic carbocycles. The number of thioether (sulfide) groups is 1. The fourth-order valence-electron chi connectivity index (χ4n) is 0.818. The number of nitriles is 1. The number of hydrogen-bond acceptors (Lipinski definition) is 5. The lowest BCUT2D eigenvalue weighted by Gasteiger charge is -2.01. The molecule has 0 radical (unpaired) electrons. The zero-order valence-corrected chi connectivity index (χ0v) is 9.25. The van der Waals surface area contributed by atoms with Gasteiger partial charge < -0.3 is 5.32 Å². The molecule has 0 amide bonds. The molecule has 0 saturated heterocycles. The van der Waals surface area contributed by atoms with Crippen molar-refractivity contribution >= 4 is 33.1 Å². The summed E-state index contributed by atoms with van der Waals surface area (Å²) in [6.07, 6.45) is 4.72. The molecule has 0 saturated carbocycles. The summed E-state index contributed by atoms with van der Waals surface area (Å²) in [5.41, 5.74) is 0. The van der Waals surface area contributed by atoms with E-state index in [1.165, 1.54) is 18.0 Å². The predicted molar refractivity (Wildman–Crippen MR) is 55.4 cm³/mol. The number of halogens is 1. The van der Waals surface area contributed by atoms with Crippen LogP contribution in [-0.2, 0) is 9.73 Å². The van der Waals surface area contributed by atoms with Crippen LogP contribution < -0.4 is 5.32 Å². The minimum Gasteiger partial charge on any atom is -0.366 e. The zero-order chi connectivity index (χ0) is 9.90. The Morgan fingerprint density at radius 3 is 3.15 bits per heavy atom. The van der Waals surface area contributed by atoms with E-state index in [9.17, 15) is 4.21 Å². The third-order valence-corrected chi connectivity index (χ3v) is 4.07. The summed E-state index contributed by atoms with van der Waals surface area (Å²) in [6.45, 7) is 0. The third-order valence-electron chi connectivity index (χ3n) is 1.27. The van der Waals surface area contributed by atoms with E-state index < -0.39 is 9.73 Å². The Balaban J connectivity index is 2.67. The monoisotopic (exact) mass is 237 g/mol. The van der Waals surface area contributed by atoms with Crippen LogP contribution in [0, 0.1) is 11.5 Å². The molecule has 72 valence electrons.